The minimum absolute atomic E-state index is 0.0110. The molecular formula is C19H18Cl2N4O2. The van der Waals surface area contributed by atoms with Crippen LogP contribution in [-0.4, -0.2) is 39.8 Å². The van der Waals surface area contributed by atoms with Crippen LogP contribution in [-0.2, 0) is 9.59 Å². The Morgan fingerprint density at radius 1 is 1.26 bits per heavy atom. The smallest absolute Gasteiger partial charge is 0.248 e. The van der Waals surface area contributed by atoms with Gasteiger partial charge in [0, 0.05) is 47.7 Å². The Hall–Kier alpha value is -2.44. The maximum absolute atomic E-state index is 12.7. The third-order valence-electron chi connectivity index (χ3n) is 4.23. The molecule has 1 fully saturated rings. The summed E-state index contributed by atoms with van der Waals surface area (Å²) < 4.78 is 0. The molecule has 0 unspecified atom stereocenters. The van der Waals surface area contributed by atoms with E-state index >= 15 is 0 Å². The van der Waals surface area contributed by atoms with Crippen molar-refractivity contribution in [3.63, 3.8) is 0 Å². The number of carbonyl (C=O) groups is 2. The number of benzene rings is 1. The van der Waals surface area contributed by atoms with Crippen molar-refractivity contribution in [2.24, 2.45) is 0 Å². The number of aromatic nitrogens is 2. The van der Waals surface area contributed by atoms with E-state index in [2.05, 4.69) is 15.3 Å². The van der Waals surface area contributed by atoms with Crippen LogP contribution < -0.4 is 5.32 Å². The molecule has 1 aliphatic carbocycles. The normalized spacial score (nSPS) is 14.8. The molecule has 27 heavy (non-hydrogen) atoms. The summed E-state index contributed by atoms with van der Waals surface area (Å²) in [6.07, 6.45) is 6.19. The van der Waals surface area contributed by atoms with Crippen LogP contribution in [0.15, 0.2) is 48.3 Å². The first kappa shape index (κ1) is 19.3. The zero-order valence-corrected chi connectivity index (χ0v) is 16.1. The highest BCUT2D eigenvalue weighted by atomic mass is 35.5. The summed E-state index contributed by atoms with van der Waals surface area (Å²) in [5.41, 5.74) is 2.41. The van der Waals surface area contributed by atoms with E-state index < -0.39 is 6.04 Å². The van der Waals surface area contributed by atoms with Crippen LogP contribution in [0.5, 0.6) is 0 Å². The Morgan fingerprint density at radius 3 is 2.56 bits per heavy atom. The van der Waals surface area contributed by atoms with Gasteiger partial charge in [0.2, 0.25) is 11.8 Å². The standard InChI is InChI=1S/C19H18Cl2N4O2/c1-22-19(27)17(25(15-3-4-15)16(26)5-6-20)12-9-13(11-14(21)10-12)18-23-7-2-8-24-18/h2,5-11,15,17H,3-4H2,1H3,(H,22,27)/b6-5-/t17-/m0/s1. The SMILES string of the molecule is CNC(=O)[C@H](c1cc(Cl)cc(-c2ncccn2)c1)N(C(=O)/C=C\Cl)C1CC1. The molecule has 0 aliphatic heterocycles. The Bertz CT molecular complexity index is 869. The quantitative estimate of drug-likeness (QED) is 0.749. The lowest BCUT2D eigenvalue weighted by Gasteiger charge is -2.30. The van der Waals surface area contributed by atoms with Crippen molar-refractivity contribution in [3.8, 4) is 11.4 Å². The van der Waals surface area contributed by atoms with Gasteiger partial charge in [-0.25, -0.2) is 9.97 Å². The van der Waals surface area contributed by atoms with E-state index in [9.17, 15) is 9.59 Å². The number of nitrogens with zero attached hydrogens (tertiary/aromatic N) is 3. The maximum Gasteiger partial charge on any atom is 0.248 e. The van der Waals surface area contributed by atoms with Crippen molar-refractivity contribution in [2.45, 2.75) is 24.9 Å². The summed E-state index contributed by atoms with van der Waals surface area (Å²) >= 11 is 11.9. The van der Waals surface area contributed by atoms with Crippen molar-refractivity contribution in [2.75, 3.05) is 7.05 Å². The van der Waals surface area contributed by atoms with Gasteiger partial charge in [-0.3, -0.25) is 9.59 Å². The zero-order chi connectivity index (χ0) is 19.4. The molecule has 2 amide bonds. The molecule has 1 aliphatic rings. The Balaban J connectivity index is 2.09. The number of halogens is 2. The Morgan fingerprint density at radius 2 is 1.96 bits per heavy atom. The number of hydrogen-bond donors (Lipinski definition) is 1. The van der Waals surface area contributed by atoms with Gasteiger partial charge in [-0.15, -0.1) is 0 Å². The second-order valence-corrected chi connectivity index (χ2v) is 6.82. The van der Waals surface area contributed by atoms with Gasteiger partial charge < -0.3 is 10.2 Å². The molecule has 1 aromatic heterocycles. The summed E-state index contributed by atoms with van der Waals surface area (Å²) in [7, 11) is 1.54. The van der Waals surface area contributed by atoms with Crippen molar-refractivity contribution >= 4 is 35.0 Å². The fraction of sp³-hybridized carbons (Fsp3) is 0.263. The lowest BCUT2D eigenvalue weighted by molar-refractivity contribution is -0.137. The molecule has 0 radical (unpaired) electrons. The summed E-state index contributed by atoms with van der Waals surface area (Å²) in [4.78, 5) is 35.4. The lowest BCUT2D eigenvalue weighted by Crippen LogP contribution is -2.43. The summed E-state index contributed by atoms with van der Waals surface area (Å²) in [5, 5.41) is 3.07. The van der Waals surface area contributed by atoms with Crippen molar-refractivity contribution in [3.05, 3.63) is 58.9 Å². The number of carbonyl (C=O) groups excluding carboxylic acids is 2. The van der Waals surface area contributed by atoms with E-state index in [0.29, 0.717) is 22.0 Å². The molecular weight excluding hydrogens is 387 g/mol. The summed E-state index contributed by atoms with van der Waals surface area (Å²) in [6.45, 7) is 0. The van der Waals surface area contributed by atoms with Gasteiger partial charge in [0.15, 0.2) is 5.82 Å². The molecule has 8 heteroatoms. The number of nitrogens with one attached hydrogen (secondary N) is 1. The molecule has 3 rings (SSSR count). The van der Waals surface area contributed by atoms with Crippen LogP contribution >= 0.6 is 23.2 Å². The Labute approximate surface area is 167 Å². The minimum Gasteiger partial charge on any atom is -0.357 e. The fourth-order valence-corrected chi connectivity index (χ4v) is 3.28. The highest BCUT2D eigenvalue weighted by molar-refractivity contribution is 6.31. The average molecular weight is 405 g/mol. The first-order valence-corrected chi connectivity index (χ1v) is 9.25. The predicted octanol–water partition coefficient (Wildman–Crippen LogP) is 3.33. The summed E-state index contributed by atoms with van der Waals surface area (Å²) in [6, 6.07) is 6.07. The molecule has 2 aromatic rings. The van der Waals surface area contributed by atoms with Gasteiger partial charge in [-0.1, -0.05) is 23.2 Å². The van der Waals surface area contributed by atoms with Crippen LogP contribution in [0.4, 0.5) is 0 Å². The third-order valence-corrected chi connectivity index (χ3v) is 4.58. The third kappa shape index (κ3) is 4.46. The van der Waals surface area contributed by atoms with Crippen LogP contribution in [0.1, 0.15) is 24.4 Å². The van der Waals surface area contributed by atoms with E-state index in [1.165, 1.54) is 13.1 Å². The van der Waals surface area contributed by atoms with Crippen molar-refractivity contribution in [1.29, 1.82) is 0 Å². The van der Waals surface area contributed by atoms with Gasteiger partial charge in [0.25, 0.3) is 0 Å². The van der Waals surface area contributed by atoms with E-state index in [1.807, 2.05) is 0 Å². The molecule has 0 bridgehead atoms. The van der Waals surface area contributed by atoms with Gasteiger partial charge in [-0.2, -0.15) is 0 Å². The van der Waals surface area contributed by atoms with Crippen LogP contribution in [0, 0.1) is 0 Å². The fourth-order valence-electron chi connectivity index (χ4n) is 2.93. The van der Waals surface area contributed by atoms with Crippen molar-refractivity contribution in [1.82, 2.24) is 20.2 Å². The van der Waals surface area contributed by atoms with Gasteiger partial charge in [-0.05, 0) is 42.7 Å². The van der Waals surface area contributed by atoms with Crippen LogP contribution in [0.2, 0.25) is 5.02 Å². The van der Waals surface area contributed by atoms with Gasteiger partial charge >= 0.3 is 0 Å². The molecule has 140 valence electrons. The molecule has 1 saturated carbocycles. The van der Waals surface area contributed by atoms with Crippen LogP contribution in [0.25, 0.3) is 11.4 Å². The van der Waals surface area contributed by atoms with E-state index in [0.717, 1.165) is 18.4 Å². The zero-order valence-electron chi connectivity index (χ0n) is 14.6. The van der Waals surface area contributed by atoms with Crippen LogP contribution in [0.3, 0.4) is 0 Å². The topological polar surface area (TPSA) is 75.2 Å². The second kappa shape index (κ2) is 8.50. The molecule has 1 heterocycles. The Kier molecular flexibility index (Phi) is 6.08. The minimum atomic E-state index is -0.830. The van der Waals surface area contributed by atoms with Crippen molar-refractivity contribution < 1.29 is 9.59 Å². The first-order chi connectivity index (χ1) is 13.0. The highest BCUT2D eigenvalue weighted by Crippen LogP contribution is 2.37. The summed E-state index contributed by atoms with van der Waals surface area (Å²) in [5.74, 6) is -0.138. The number of amides is 2. The van der Waals surface area contributed by atoms with E-state index in [4.69, 9.17) is 23.2 Å². The number of likely N-dealkylation sites (N-methyl/N-ethyl adjacent to an activating group) is 1. The number of rotatable bonds is 6. The predicted molar refractivity (Wildman–Crippen MR) is 104 cm³/mol. The molecule has 1 atom stereocenters. The first-order valence-electron chi connectivity index (χ1n) is 8.43. The largest absolute Gasteiger partial charge is 0.357 e. The highest BCUT2D eigenvalue weighted by Gasteiger charge is 2.40. The van der Waals surface area contributed by atoms with E-state index in [1.54, 1.807) is 41.6 Å². The maximum atomic E-state index is 12.7. The molecule has 1 N–H and O–H groups in total. The molecule has 6 nitrogen and oxygen atoms in total. The molecule has 1 aromatic carbocycles. The monoisotopic (exact) mass is 404 g/mol. The lowest BCUT2D eigenvalue weighted by atomic mass is 10.0. The second-order valence-electron chi connectivity index (χ2n) is 6.13. The average Bonchev–Trinajstić information content (AvgIpc) is 3.50. The molecule has 0 spiro atoms. The van der Waals surface area contributed by atoms with Gasteiger partial charge in [0.05, 0.1) is 0 Å². The van der Waals surface area contributed by atoms with E-state index in [-0.39, 0.29) is 17.9 Å². The number of hydrogen-bond acceptors (Lipinski definition) is 4. The molecule has 0 saturated heterocycles. The van der Waals surface area contributed by atoms with Gasteiger partial charge in [0.1, 0.15) is 6.04 Å².